The number of nitrogens with zero attached hydrogens (tertiary/aromatic N) is 2. The van der Waals surface area contributed by atoms with Gasteiger partial charge in [-0.2, -0.15) is 0 Å². The SMILES string of the molecule is CCCn1c(CCNCC)nc2cc(C)ccc21. The highest BCUT2D eigenvalue weighted by atomic mass is 15.1. The summed E-state index contributed by atoms with van der Waals surface area (Å²) in [6.45, 7) is 9.56. The molecule has 18 heavy (non-hydrogen) atoms. The predicted octanol–water partition coefficient (Wildman–Crippen LogP) is 2.91. The van der Waals surface area contributed by atoms with Gasteiger partial charge in [-0.25, -0.2) is 4.98 Å². The second-order valence-electron chi connectivity index (χ2n) is 4.78. The van der Waals surface area contributed by atoms with Gasteiger partial charge in [-0.1, -0.05) is 19.9 Å². The smallest absolute Gasteiger partial charge is 0.111 e. The quantitative estimate of drug-likeness (QED) is 0.793. The molecule has 1 aromatic carbocycles. The maximum Gasteiger partial charge on any atom is 0.111 e. The molecule has 0 unspecified atom stereocenters. The molecule has 1 aromatic heterocycles. The Morgan fingerprint density at radius 1 is 1.28 bits per heavy atom. The summed E-state index contributed by atoms with van der Waals surface area (Å²) in [5, 5.41) is 3.37. The van der Waals surface area contributed by atoms with Crippen molar-refractivity contribution in [1.29, 1.82) is 0 Å². The minimum Gasteiger partial charge on any atom is -0.328 e. The second-order valence-corrected chi connectivity index (χ2v) is 4.78. The van der Waals surface area contributed by atoms with Gasteiger partial charge in [0.05, 0.1) is 11.0 Å². The number of likely N-dealkylation sites (N-methyl/N-ethyl adjacent to an activating group) is 1. The molecule has 1 heterocycles. The van der Waals surface area contributed by atoms with Crippen LogP contribution in [0.4, 0.5) is 0 Å². The third kappa shape index (κ3) is 2.72. The predicted molar refractivity (Wildman–Crippen MR) is 77.0 cm³/mol. The average Bonchev–Trinajstić information content (AvgIpc) is 2.68. The molecule has 0 atom stereocenters. The summed E-state index contributed by atoms with van der Waals surface area (Å²) in [6.07, 6.45) is 2.15. The van der Waals surface area contributed by atoms with Crippen molar-refractivity contribution in [2.45, 2.75) is 40.2 Å². The Bertz CT molecular complexity index is 514. The fourth-order valence-electron chi connectivity index (χ4n) is 2.33. The van der Waals surface area contributed by atoms with E-state index in [1.54, 1.807) is 0 Å². The first-order chi connectivity index (χ1) is 8.76. The Hall–Kier alpha value is -1.35. The molecule has 0 aliphatic heterocycles. The first-order valence-electron chi connectivity index (χ1n) is 6.92. The molecule has 98 valence electrons. The number of rotatable bonds is 6. The summed E-state index contributed by atoms with van der Waals surface area (Å²) in [6, 6.07) is 6.55. The van der Waals surface area contributed by atoms with Crippen LogP contribution in [0.1, 0.15) is 31.7 Å². The Morgan fingerprint density at radius 3 is 2.83 bits per heavy atom. The highest BCUT2D eigenvalue weighted by Gasteiger charge is 2.09. The Labute approximate surface area is 109 Å². The van der Waals surface area contributed by atoms with Gasteiger partial charge in [0, 0.05) is 19.5 Å². The van der Waals surface area contributed by atoms with Crippen molar-refractivity contribution in [3.8, 4) is 0 Å². The summed E-state index contributed by atoms with van der Waals surface area (Å²) < 4.78 is 2.37. The van der Waals surface area contributed by atoms with E-state index >= 15 is 0 Å². The highest BCUT2D eigenvalue weighted by Crippen LogP contribution is 2.18. The maximum absolute atomic E-state index is 4.79. The molecule has 1 N–H and O–H groups in total. The molecule has 0 radical (unpaired) electrons. The van der Waals surface area contributed by atoms with E-state index in [9.17, 15) is 0 Å². The van der Waals surface area contributed by atoms with Crippen LogP contribution in [0.5, 0.6) is 0 Å². The summed E-state index contributed by atoms with van der Waals surface area (Å²) in [5.41, 5.74) is 3.69. The number of hydrogen-bond acceptors (Lipinski definition) is 2. The van der Waals surface area contributed by atoms with Crippen LogP contribution in [0.3, 0.4) is 0 Å². The molecule has 0 amide bonds. The summed E-state index contributed by atoms with van der Waals surface area (Å²) >= 11 is 0. The molecule has 0 aliphatic rings. The van der Waals surface area contributed by atoms with Crippen molar-refractivity contribution >= 4 is 11.0 Å². The van der Waals surface area contributed by atoms with E-state index in [4.69, 9.17) is 4.98 Å². The van der Waals surface area contributed by atoms with Gasteiger partial charge < -0.3 is 9.88 Å². The van der Waals surface area contributed by atoms with Gasteiger partial charge in [-0.05, 0) is 37.6 Å². The van der Waals surface area contributed by atoms with Gasteiger partial charge in [0.15, 0.2) is 0 Å². The largest absolute Gasteiger partial charge is 0.328 e. The molecule has 0 spiro atoms. The zero-order valence-corrected chi connectivity index (χ0v) is 11.7. The van der Waals surface area contributed by atoms with Crippen molar-refractivity contribution in [2.24, 2.45) is 0 Å². The second kappa shape index (κ2) is 6.01. The van der Waals surface area contributed by atoms with Gasteiger partial charge in [0.2, 0.25) is 0 Å². The summed E-state index contributed by atoms with van der Waals surface area (Å²) in [5.74, 6) is 1.21. The van der Waals surface area contributed by atoms with E-state index in [2.05, 4.69) is 48.9 Å². The van der Waals surface area contributed by atoms with Gasteiger partial charge in [0.25, 0.3) is 0 Å². The lowest BCUT2D eigenvalue weighted by Gasteiger charge is -2.07. The number of nitrogens with one attached hydrogen (secondary N) is 1. The van der Waals surface area contributed by atoms with Crippen LogP contribution in [0, 0.1) is 6.92 Å². The molecule has 2 aromatic rings. The lowest BCUT2D eigenvalue weighted by atomic mass is 10.2. The van der Waals surface area contributed by atoms with Crippen molar-refractivity contribution < 1.29 is 0 Å². The third-order valence-electron chi connectivity index (χ3n) is 3.21. The minimum absolute atomic E-state index is 1.00. The molecule has 0 fully saturated rings. The number of imidazole rings is 1. The van der Waals surface area contributed by atoms with Crippen LogP contribution < -0.4 is 5.32 Å². The standard InChI is InChI=1S/C15H23N3/c1-4-10-18-14-7-6-12(3)11-13(14)17-15(18)8-9-16-5-2/h6-7,11,16H,4-5,8-10H2,1-3H3. The molecular formula is C15H23N3. The van der Waals surface area contributed by atoms with Crippen LogP contribution in [-0.4, -0.2) is 22.6 Å². The van der Waals surface area contributed by atoms with Crippen molar-refractivity contribution in [1.82, 2.24) is 14.9 Å². The Kier molecular flexibility index (Phi) is 4.37. The number of aryl methyl sites for hydroxylation is 2. The Balaban J connectivity index is 2.34. The van der Waals surface area contributed by atoms with E-state index in [0.29, 0.717) is 0 Å². The molecule has 0 saturated heterocycles. The van der Waals surface area contributed by atoms with E-state index in [1.165, 1.54) is 16.9 Å². The van der Waals surface area contributed by atoms with E-state index in [-0.39, 0.29) is 0 Å². The third-order valence-corrected chi connectivity index (χ3v) is 3.21. The molecule has 3 nitrogen and oxygen atoms in total. The Morgan fingerprint density at radius 2 is 2.11 bits per heavy atom. The van der Waals surface area contributed by atoms with Crippen molar-refractivity contribution in [3.63, 3.8) is 0 Å². The molecular weight excluding hydrogens is 222 g/mol. The van der Waals surface area contributed by atoms with E-state index in [0.717, 1.165) is 38.0 Å². The normalized spacial score (nSPS) is 11.3. The minimum atomic E-state index is 1.00. The fourth-order valence-corrected chi connectivity index (χ4v) is 2.33. The van der Waals surface area contributed by atoms with Gasteiger partial charge in [-0.15, -0.1) is 0 Å². The number of fused-ring (bicyclic) bond motifs is 1. The highest BCUT2D eigenvalue weighted by molar-refractivity contribution is 5.76. The maximum atomic E-state index is 4.79. The van der Waals surface area contributed by atoms with E-state index in [1.807, 2.05) is 0 Å². The van der Waals surface area contributed by atoms with Crippen molar-refractivity contribution in [2.75, 3.05) is 13.1 Å². The lowest BCUT2D eigenvalue weighted by molar-refractivity contribution is 0.625. The average molecular weight is 245 g/mol. The van der Waals surface area contributed by atoms with E-state index < -0.39 is 0 Å². The van der Waals surface area contributed by atoms with Gasteiger partial charge in [-0.3, -0.25) is 0 Å². The molecule has 0 aliphatic carbocycles. The topological polar surface area (TPSA) is 29.9 Å². The number of aromatic nitrogens is 2. The van der Waals surface area contributed by atoms with Crippen LogP contribution in [0.15, 0.2) is 18.2 Å². The zero-order valence-electron chi connectivity index (χ0n) is 11.7. The molecule has 2 rings (SSSR count). The van der Waals surface area contributed by atoms with Gasteiger partial charge >= 0.3 is 0 Å². The zero-order chi connectivity index (χ0) is 13.0. The monoisotopic (exact) mass is 245 g/mol. The van der Waals surface area contributed by atoms with Gasteiger partial charge in [0.1, 0.15) is 5.82 Å². The molecule has 3 heteroatoms. The lowest BCUT2D eigenvalue weighted by Crippen LogP contribution is -2.18. The summed E-state index contributed by atoms with van der Waals surface area (Å²) in [7, 11) is 0. The molecule has 0 saturated carbocycles. The first-order valence-corrected chi connectivity index (χ1v) is 6.92. The van der Waals surface area contributed by atoms with Crippen LogP contribution >= 0.6 is 0 Å². The number of benzene rings is 1. The fraction of sp³-hybridized carbons (Fsp3) is 0.533. The first kappa shape index (κ1) is 13.1. The van der Waals surface area contributed by atoms with Crippen LogP contribution in [0.25, 0.3) is 11.0 Å². The molecule has 0 bridgehead atoms. The van der Waals surface area contributed by atoms with Crippen LogP contribution in [0.2, 0.25) is 0 Å². The number of hydrogen-bond donors (Lipinski definition) is 1. The van der Waals surface area contributed by atoms with Crippen molar-refractivity contribution in [3.05, 3.63) is 29.6 Å². The summed E-state index contributed by atoms with van der Waals surface area (Å²) in [4.78, 5) is 4.79. The van der Waals surface area contributed by atoms with Crippen LogP contribution in [-0.2, 0) is 13.0 Å².